The van der Waals surface area contributed by atoms with E-state index in [2.05, 4.69) is 10.6 Å². The fraction of sp³-hybridized carbons (Fsp3) is 0.0526. The predicted molar refractivity (Wildman–Crippen MR) is 127 cm³/mol. The van der Waals surface area contributed by atoms with E-state index >= 15 is 0 Å². The number of nitrogen functional groups attached to an aromatic ring is 1. The fourth-order valence-electron chi connectivity index (χ4n) is 3.29. The van der Waals surface area contributed by atoms with E-state index < -0.39 is 68.1 Å². The second-order valence-corrected chi connectivity index (χ2v) is 11.5. The number of fused-ring (bicyclic) bond motifs is 1. The maximum absolute atomic E-state index is 13.1. The average molecular weight is 560 g/mol. The van der Waals surface area contributed by atoms with Crippen molar-refractivity contribution in [1.82, 2.24) is 0 Å². The van der Waals surface area contributed by atoms with Gasteiger partial charge in [-0.2, -0.15) is 25.3 Å². The summed E-state index contributed by atoms with van der Waals surface area (Å²) >= 11 is 0. The summed E-state index contributed by atoms with van der Waals surface area (Å²) in [5.41, 5.74) is 4.18. The molecule has 0 aromatic heterocycles. The summed E-state index contributed by atoms with van der Waals surface area (Å²) in [4.78, 5) is 22.0. The minimum absolute atomic E-state index is 0.112. The van der Waals surface area contributed by atoms with Crippen LogP contribution in [0.4, 0.5) is 17.1 Å². The van der Waals surface area contributed by atoms with E-state index in [1.165, 1.54) is 0 Å². The molecule has 3 aromatic carbocycles. The lowest BCUT2D eigenvalue weighted by Gasteiger charge is -2.17. The molecule has 3 aromatic rings. The molecular formula is C19H17N3O11S3. The van der Waals surface area contributed by atoms with Crippen molar-refractivity contribution in [3.05, 3.63) is 48.0 Å². The van der Waals surface area contributed by atoms with E-state index in [1.54, 1.807) is 0 Å². The van der Waals surface area contributed by atoms with Crippen LogP contribution in [0, 0.1) is 0 Å². The van der Waals surface area contributed by atoms with Gasteiger partial charge in [0.2, 0.25) is 5.91 Å². The number of nitrogens with two attached hydrogens (primary N) is 1. The first kappa shape index (κ1) is 27.0. The van der Waals surface area contributed by atoms with E-state index in [-0.39, 0.29) is 22.1 Å². The molecule has 192 valence electrons. The number of benzene rings is 3. The molecule has 0 atom stereocenters. The zero-order valence-electron chi connectivity index (χ0n) is 18.0. The Morgan fingerprint density at radius 2 is 1.36 bits per heavy atom. The van der Waals surface area contributed by atoms with Crippen molar-refractivity contribution in [2.75, 3.05) is 16.4 Å². The Kier molecular flexibility index (Phi) is 6.83. The van der Waals surface area contributed by atoms with Crippen molar-refractivity contribution in [2.45, 2.75) is 21.6 Å². The predicted octanol–water partition coefficient (Wildman–Crippen LogP) is 1.37. The van der Waals surface area contributed by atoms with E-state index in [0.717, 1.165) is 43.3 Å². The third-order valence-corrected chi connectivity index (χ3v) is 7.34. The van der Waals surface area contributed by atoms with E-state index in [9.17, 15) is 48.5 Å². The van der Waals surface area contributed by atoms with Crippen LogP contribution in [0.1, 0.15) is 17.3 Å². The smallest absolute Gasteiger partial charge is 0.295 e. The maximum atomic E-state index is 13.1. The number of carbonyl (C=O) groups excluding carboxylic acids is 2. The number of carbonyl (C=O) groups is 2. The second kappa shape index (κ2) is 9.12. The highest BCUT2D eigenvalue weighted by molar-refractivity contribution is 7.87. The largest absolute Gasteiger partial charge is 0.399 e. The summed E-state index contributed by atoms with van der Waals surface area (Å²) in [6.07, 6.45) is 0. The molecule has 2 amide bonds. The number of amides is 2. The van der Waals surface area contributed by atoms with Gasteiger partial charge in [0.1, 0.15) is 9.79 Å². The number of anilines is 3. The van der Waals surface area contributed by atoms with Gasteiger partial charge in [-0.15, -0.1) is 0 Å². The number of rotatable bonds is 6. The zero-order chi connectivity index (χ0) is 27.2. The van der Waals surface area contributed by atoms with Crippen LogP contribution in [-0.2, 0) is 35.1 Å². The summed E-state index contributed by atoms with van der Waals surface area (Å²) < 4.78 is 99.6. The van der Waals surface area contributed by atoms with E-state index in [1.807, 2.05) is 0 Å². The lowest BCUT2D eigenvalue weighted by molar-refractivity contribution is -0.114. The molecule has 0 aliphatic heterocycles. The molecule has 17 heteroatoms. The molecule has 0 saturated heterocycles. The minimum atomic E-state index is -5.08. The van der Waals surface area contributed by atoms with Gasteiger partial charge in [0.25, 0.3) is 36.3 Å². The summed E-state index contributed by atoms with van der Waals surface area (Å²) in [6, 6.07) is 6.35. The maximum Gasteiger partial charge on any atom is 0.295 e. The first-order valence-corrected chi connectivity index (χ1v) is 13.7. The molecule has 0 heterocycles. The first-order chi connectivity index (χ1) is 16.4. The standard InChI is InChI=1S/C19H17N3O11S3/c1-9(23)21-15-5-4-12-14(7-11(34(25,26)27)8-17(12)36(31,32)33)18(15)22-19(24)13-3-2-10(20)6-16(13)35(28,29)30/h2-8H,20H2,1H3,(H,21,23)(H,22,24)(H,25,26,27)(H,28,29,30)(H,31,32,33). The molecular weight excluding hydrogens is 542 g/mol. The van der Waals surface area contributed by atoms with Gasteiger partial charge >= 0.3 is 0 Å². The van der Waals surface area contributed by atoms with Crippen molar-refractivity contribution in [3.63, 3.8) is 0 Å². The van der Waals surface area contributed by atoms with Crippen LogP contribution < -0.4 is 16.4 Å². The van der Waals surface area contributed by atoms with Crippen LogP contribution in [0.2, 0.25) is 0 Å². The normalized spacial score (nSPS) is 12.3. The minimum Gasteiger partial charge on any atom is -0.399 e. The molecule has 0 spiro atoms. The molecule has 0 unspecified atom stereocenters. The summed E-state index contributed by atoms with van der Waals surface area (Å²) in [5.74, 6) is -1.87. The highest BCUT2D eigenvalue weighted by Crippen LogP contribution is 2.37. The lowest BCUT2D eigenvalue weighted by Crippen LogP contribution is -2.19. The van der Waals surface area contributed by atoms with Gasteiger partial charge in [-0.1, -0.05) is 6.07 Å². The van der Waals surface area contributed by atoms with Gasteiger partial charge in [-0.3, -0.25) is 23.2 Å². The van der Waals surface area contributed by atoms with Crippen molar-refractivity contribution < 1.29 is 48.5 Å². The number of hydrogen-bond acceptors (Lipinski definition) is 9. The molecule has 0 bridgehead atoms. The van der Waals surface area contributed by atoms with Crippen LogP contribution in [0.15, 0.2) is 57.2 Å². The molecule has 0 aliphatic rings. The van der Waals surface area contributed by atoms with Gasteiger partial charge < -0.3 is 16.4 Å². The molecule has 14 nitrogen and oxygen atoms in total. The van der Waals surface area contributed by atoms with Gasteiger partial charge in [0.05, 0.1) is 21.8 Å². The van der Waals surface area contributed by atoms with E-state index in [4.69, 9.17) is 5.73 Å². The Hall–Kier alpha value is -3.61. The Bertz CT molecular complexity index is 1770. The van der Waals surface area contributed by atoms with Crippen LogP contribution in [-0.4, -0.2) is 50.7 Å². The summed E-state index contributed by atoms with van der Waals surface area (Å²) in [5, 5.41) is 3.85. The van der Waals surface area contributed by atoms with Gasteiger partial charge in [-0.05, 0) is 36.4 Å². The Morgan fingerprint density at radius 3 is 1.89 bits per heavy atom. The zero-order valence-corrected chi connectivity index (χ0v) is 20.4. The van der Waals surface area contributed by atoms with Crippen molar-refractivity contribution in [3.8, 4) is 0 Å². The van der Waals surface area contributed by atoms with Crippen molar-refractivity contribution in [1.29, 1.82) is 0 Å². The third-order valence-electron chi connectivity index (χ3n) is 4.72. The molecule has 0 radical (unpaired) electrons. The monoisotopic (exact) mass is 559 g/mol. The third kappa shape index (κ3) is 5.61. The molecule has 3 rings (SSSR count). The van der Waals surface area contributed by atoms with Crippen LogP contribution in [0.25, 0.3) is 10.8 Å². The lowest BCUT2D eigenvalue weighted by atomic mass is 10.1. The summed E-state index contributed by atoms with van der Waals surface area (Å²) in [6.45, 7) is 1.09. The highest BCUT2D eigenvalue weighted by Gasteiger charge is 2.26. The van der Waals surface area contributed by atoms with Crippen molar-refractivity contribution >= 4 is 70.0 Å². The Balaban J connectivity index is 2.39. The van der Waals surface area contributed by atoms with Gasteiger partial charge in [0, 0.05) is 23.4 Å². The summed E-state index contributed by atoms with van der Waals surface area (Å²) in [7, 11) is -15.1. The van der Waals surface area contributed by atoms with Gasteiger partial charge in [0.15, 0.2) is 0 Å². The molecule has 0 saturated carbocycles. The quantitative estimate of drug-likeness (QED) is 0.185. The average Bonchev–Trinajstić information content (AvgIpc) is 2.72. The van der Waals surface area contributed by atoms with Crippen LogP contribution in [0.5, 0.6) is 0 Å². The molecule has 0 aliphatic carbocycles. The molecule has 0 fully saturated rings. The number of hydrogen-bond donors (Lipinski definition) is 6. The van der Waals surface area contributed by atoms with Crippen molar-refractivity contribution in [2.24, 2.45) is 0 Å². The fourth-order valence-corrected chi connectivity index (χ4v) is 5.35. The topological polar surface area (TPSA) is 247 Å². The molecule has 36 heavy (non-hydrogen) atoms. The van der Waals surface area contributed by atoms with Crippen LogP contribution in [0.3, 0.4) is 0 Å². The van der Waals surface area contributed by atoms with Crippen LogP contribution >= 0.6 is 0 Å². The van der Waals surface area contributed by atoms with Gasteiger partial charge in [-0.25, -0.2) is 0 Å². The Labute approximate surface area is 204 Å². The number of nitrogens with one attached hydrogen (secondary N) is 2. The SMILES string of the molecule is CC(=O)Nc1ccc2c(S(=O)(=O)O)cc(S(=O)(=O)O)cc2c1NC(=O)c1ccc(N)cc1S(=O)(=O)O. The van der Waals surface area contributed by atoms with E-state index in [0.29, 0.717) is 6.07 Å². The first-order valence-electron chi connectivity index (χ1n) is 9.41. The Morgan fingerprint density at radius 1 is 0.750 bits per heavy atom. The highest BCUT2D eigenvalue weighted by atomic mass is 32.2. The second-order valence-electron chi connectivity index (χ2n) is 7.32. The molecule has 7 N–H and O–H groups in total.